The van der Waals surface area contributed by atoms with Gasteiger partial charge in [0.1, 0.15) is 12.4 Å². The minimum absolute atomic E-state index is 0.00596. The summed E-state index contributed by atoms with van der Waals surface area (Å²) in [6.07, 6.45) is -0.0306. The highest BCUT2D eigenvalue weighted by molar-refractivity contribution is 5.84. The molecule has 5 heteroatoms. The van der Waals surface area contributed by atoms with Gasteiger partial charge in [-0.1, -0.05) is 48.5 Å². The maximum atomic E-state index is 12.4. The number of fused-ring (bicyclic) bond motifs is 3. The van der Waals surface area contributed by atoms with Crippen molar-refractivity contribution in [2.24, 2.45) is 5.92 Å². The van der Waals surface area contributed by atoms with Gasteiger partial charge in [0.15, 0.2) is 0 Å². The van der Waals surface area contributed by atoms with Gasteiger partial charge in [-0.25, -0.2) is 0 Å². The van der Waals surface area contributed by atoms with E-state index in [1.54, 1.807) is 13.8 Å². The van der Waals surface area contributed by atoms with E-state index in [-0.39, 0.29) is 37.9 Å². The number of rotatable bonds is 9. The van der Waals surface area contributed by atoms with Crippen LogP contribution in [-0.2, 0) is 19.1 Å². The molecule has 0 unspecified atom stereocenters. The number of carbonyl (C=O) groups is 2. The molecule has 0 radical (unpaired) electrons. The lowest BCUT2D eigenvalue weighted by Crippen LogP contribution is -2.30. The van der Waals surface area contributed by atoms with Gasteiger partial charge in [0.25, 0.3) is 0 Å². The van der Waals surface area contributed by atoms with Gasteiger partial charge < -0.3 is 14.6 Å². The van der Waals surface area contributed by atoms with Gasteiger partial charge >= 0.3 is 5.97 Å². The van der Waals surface area contributed by atoms with E-state index in [1.165, 1.54) is 18.1 Å². The Morgan fingerprint density at radius 3 is 2.10 bits per heavy atom. The Bertz CT molecular complexity index is 835. The van der Waals surface area contributed by atoms with Crippen LogP contribution in [0.2, 0.25) is 0 Å². The summed E-state index contributed by atoms with van der Waals surface area (Å²) >= 11 is 0. The molecule has 2 aromatic carbocycles. The summed E-state index contributed by atoms with van der Waals surface area (Å²) in [5, 5.41) is 9.72. The predicted octanol–water partition coefficient (Wildman–Crippen LogP) is 3.72. The van der Waals surface area contributed by atoms with Crippen LogP contribution >= 0.6 is 0 Å². The number of carbonyl (C=O) groups excluding carboxylic acids is 2. The monoisotopic (exact) mass is 396 g/mol. The molecule has 0 fully saturated rings. The highest BCUT2D eigenvalue weighted by Gasteiger charge is 2.29. The number of aliphatic hydroxyl groups is 1. The first kappa shape index (κ1) is 21.2. The Labute approximate surface area is 171 Å². The SMILES string of the molecule is CC(=O)[C@H](COCC(C)(C)O)CC(=O)OCC1c2ccccc2-c2ccccc21. The second-order valence-electron chi connectivity index (χ2n) is 8.25. The Kier molecular flexibility index (Phi) is 6.50. The molecule has 0 aliphatic heterocycles. The van der Waals surface area contributed by atoms with Crippen molar-refractivity contribution in [2.45, 2.75) is 38.7 Å². The molecular formula is C24H28O5. The van der Waals surface area contributed by atoms with Gasteiger partial charge in [0.05, 0.1) is 31.2 Å². The summed E-state index contributed by atoms with van der Waals surface area (Å²) in [6.45, 7) is 5.12. The molecule has 0 heterocycles. The maximum absolute atomic E-state index is 12.4. The van der Waals surface area contributed by atoms with E-state index in [1.807, 2.05) is 24.3 Å². The molecule has 0 spiro atoms. The van der Waals surface area contributed by atoms with Crippen LogP contribution in [0.15, 0.2) is 48.5 Å². The Morgan fingerprint density at radius 2 is 1.59 bits per heavy atom. The van der Waals surface area contributed by atoms with Crippen molar-refractivity contribution in [1.82, 2.24) is 0 Å². The first-order valence-corrected chi connectivity index (χ1v) is 9.90. The summed E-state index contributed by atoms with van der Waals surface area (Å²) in [6, 6.07) is 16.3. The zero-order chi connectivity index (χ0) is 21.0. The average molecular weight is 396 g/mol. The van der Waals surface area contributed by atoms with E-state index in [4.69, 9.17) is 9.47 Å². The van der Waals surface area contributed by atoms with E-state index in [2.05, 4.69) is 24.3 Å². The van der Waals surface area contributed by atoms with E-state index >= 15 is 0 Å². The van der Waals surface area contributed by atoms with Crippen molar-refractivity contribution in [3.63, 3.8) is 0 Å². The fraction of sp³-hybridized carbons (Fsp3) is 0.417. The van der Waals surface area contributed by atoms with Crippen molar-refractivity contribution in [3.05, 3.63) is 59.7 Å². The minimum atomic E-state index is -0.981. The van der Waals surface area contributed by atoms with Gasteiger partial charge in [0.2, 0.25) is 0 Å². The molecule has 0 saturated carbocycles. The van der Waals surface area contributed by atoms with Gasteiger partial charge in [-0.2, -0.15) is 0 Å². The topological polar surface area (TPSA) is 72.8 Å². The average Bonchev–Trinajstić information content (AvgIpc) is 2.98. The van der Waals surface area contributed by atoms with Gasteiger partial charge in [0, 0.05) is 5.92 Å². The third kappa shape index (κ3) is 5.31. The number of ether oxygens (including phenoxy) is 2. The van der Waals surface area contributed by atoms with Crippen LogP contribution in [0.25, 0.3) is 11.1 Å². The number of Topliss-reactive ketones (excluding diaryl/α,β-unsaturated/α-hetero) is 1. The third-order valence-electron chi connectivity index (χ3n) is 5.14. The second kappa shape index (κ2) is 8.89. The van der Waals surface area contributed by atoms with Crippen molar-refractivity contribution >= 4 is 11.8 Å². The van der Waals surface area contributed by atoms with Crippen molar-refractivity contribution in [1.29, 1.82) is 0 Å². The molecule has 5 nitrogen and oxygen atoms in total. The van der Waals surface area contributed by atoms with E-state index in [0.717, 1.165) is 11.1 Å². The zero-order valence-corrected chi connectivity index (χ0v) is 17.2. The first-order chi connectivity index (χ1) is 13.8. The lowest BCUT2D eigenvalue weighted by Gasteiger charge is -2.20. The molecule has 3 rings (SSSR count). The molecule has 0 bridgehead atoms. The molecular weight excluding hydrogens is 368 g/mol. The lowest BCUT2D eigenvalue weighted by atomic mass is 9.98. The van der Waals surface area contributed by atoms with Gasteiger partial charge in [-0.05, 0) is 43.0 Å². The summed E-state index contributed by atoms with van der Waals surface area (Å²) in [4.78, 5) is 24.3. The largest absolute Gasteiger partial charge is 0.465 e. The molecule has 154 valence electrons. The number of hydrogen-bond donors (Lipinski definition) is 1. The standard InChI is InChI=1S/C24H28O5/c1-16(25)17(13-28-15-24(2,3)27)12-23(26)29-14-22-20-10-6-4-8-18(20)19-9-5-7-11-21(19)22/h4-11,17,22,27H,12-15H2,1-3H3/t17-/m0/s1. The highest BCUT2D eigenvalue weighted by Crippen LogP contribution is 2.44. The van der Waals surface area contributed by atoms with Crippen LogP contribution in [0, 0.1) is 5.92 Å². The van der Waals surface area contributed by atoms with E-state index < -0.39 is 17.5 Å². The molecule has 1 aliphatic rings. The number of benzene rings is 2. The van der Waals surface area contributed by atoms with Crippen molar-refractivity contribution in [2.75, 3.05) is 19.8 Å². The quantitative estimate of drug-likeness (QED) is 0.654. The van der Waals surface area contributed by atoms with Crippen molar-refractivity contribution < 1.29 is 24.2 Å². The lowest BCUT2D eigenvalue weighted by molar-refractivity contribution is -0.148. The maximum Gasteiger partial charge on any atom is 0.306 e. The van der Waals surface area contributed by atoms with E-state index in [9.17, 15) is 14.7 Å². The van der Waals surface area contributed by atoms with Gasteiger partial charge in [-0.3, -0.25) is 9.59 Å². The Balaban J connectivity index is 1.61. The fourth-order valence-corrected chi connectivity index (χ4v) is 3.65. The smallest absolute Gasteiger partial charge is 0.306 e. The molecule has 29 heavy (non-hydrogen) atoms. The van der Waals surface area contributed by atoms with E-state index in [0.29, 0.717) is 0 Å². The van der Waals surface area contributed by atoms with Gasteiger partial charge in [-0.15, -0.1) is 0 Å². The molecule has 1 aliphatic carbocycles. The van der Waals surface area contributed by atoms with Crippen LogP contribution in [0.5, 0.6) is 0 Å². The summed E-state index contributed by atoms with van der Waals surface area (Å²) < 4.78 is 11.0. The molecule has 0 saturated heterocycles. The van der Waals surface area contributed by atoms with Crippen LogP contribution in [0.1, 0.15) is 44.2 Å². The highest BCUT2D eigenvalue weighted by atomic mass is 16.5. The Hall–Kier alpha value is -2.50. The predicted molar refractivity (Wildman–Crippen MR) is 111 cm³/mol. The normalized spacial score (nSPS) is 14.2. The second-order valence-corrected chi connectivity index (χ2v) is 8.25. The van der Waals surface area contributed by atoms with Crippen LogP contribution in [0.3, 0.4) is 0 Å². The number of esters is 1. The molecule has 1 atom stereocenters. The summed E-state index contributed by atoms with van der Waals surface area (Å²) in [5.41, 5.74) is 3.67. The molecule has 0 aromatic heterocycles. The Morgan fingerprint density at radius 1 is 1.03 bits per heavy atom. The zero-order valence-electron chi connectivity index (χ0n) is 17.2. The molecule has 2 aromatic rings. The summed E-state index contributed by atoms with van der Waals surface area (Å²) in [7, 11) is 0. The van der Waals surface area contributed by atoms with Crippen LogP contribution < -0.4 is 0 Å². The molecule has 0 amide bonds. The minimum Gasteiger partial charge on any atom is -0.465 e. The van der Waals surface area contributed by atoms with Crippen LogP contribution in [0.4, 0.5) is 0 Å². The first-order valence-electron chi connectivity index (χ1n) is 9.90. The summed E-state index contributed by atoms with van der Waals surface area (Å²) in [5.74, 6) is -1.13. The van der Waals surface area contributed by atoms with Crippen LogP contribution in [-0.4, -0.2) is 42.3 Å². The third-order valence-corrected chi connectivity index (χ3v) is 5.14. The fourth-order valence-electron chi connectivity index (χ4n) is 3.65. The van der Waals surface area contributed by atoms with Crippen molar-refractivity contribution in [3.8, 4) is 11.1 Å². The molecule has 1 N–H and O–H groups in total. The number of hydrogen-bond acceptors (Lipinski definition) is 5. The number of ketones is 1.